The highest BCUT2D eigenvalue weighted by molar-refractivity contribution is 7.09. The van der Waals surface area contributed by atoms with Gasteiger partial charge in [0.25, 0.3) is 0 Å². The summed E-state index contributed by atoms with van der Waals surface area (Å²) in [6.07, 6.45) is 0.573. The summed E-state index contributed by atoms with van der Waals surface area (Å²) >= 11 is 1.57. The molecule has 1 aromatic heterocycles. The fourth-order valence-electron chi connectivity index (χ4n) is 1.73. The van der Waals surface area contributed by atoms with Gasteiger partial charge >= 0.3 is 0 Å². The Bertz CT molecular complexity index is 474. The molecule has 19 heavy (non-hydrogen) atoms. The van der Waals surface area contributed by atoms with Gasteiger partial charge in [-0.25, -0.2) is 0 Å². The minimum absolute atomic E-state index is 0.0799. The topological polar surface area (TPSA) is 70.0 Å². The Morgan fingerprint density at radius 2 is 2.11 bits per heavy atom. The molecule has 1 N–H and O–H groups in total. The van der Waals surface area contributed by atoms with Gasteiger partial charge in [0.05, 0.1) is 6.07 Å². The van der Waals surface area contributed by atoms with E-state index in [1.165, 1.54) is 0 Å². The van der Waals surface area contributed by atoms with E-state index < -0.39 is 11.8 Å². The molecule has 5 heteroatoms. The van der Waals surface area contributed by atoms with Gasteiger partial charge in [-0.1, -0.05) is 13.0 Å². The summed E-state index contributed by atoms with van der Waals surface area (Å²) < 4.78 is 0. The average Bonchev–Trinajstić information content (AvgIpc) is 2.81. The summed E-state index contributed by atoms with van der Waals surface area (Å²) in [7, 11) is 0. The minimum atomic E-state index is -1.21. The predicted molar refractivity (Wildman–Crippen MR) is 74.6 cm³/mol. The summed E-state index contributed by atoms with van der Waals surface area (Å²) in [4.78, 5) is 25.0. The molecule has 4 nitrogen and oxygen atoms in total. The molecule has 1 heterocycles. The van der Waals surface area contributed by atoms with E-state index in [1.54, 1.807) is 32.1 Å². The van der Waals surface area contributed by atoms with Gasteiger partial charge in [-0.3, -0.25) is 9.59 Å². The zero-order valence-electron chi connectivity index (χ0n) is 11.3. The van der Waals surface area contributed by atoms with Gasteiger partial charge < -0.3 is 5.32 Å². The second-order valence-electron chi connectivity index (χ2n) is 4.81. The van der Waals surface area contributed by atoms with Gasteiger partial charge in [0.1, 0.15) is 0 Å². The molecule has 102 valence electrons. The molecular formula is C14H18N2O2S. The monoisotopic (exact) mass is 278 g/mol. The van der Waals surface area contributed by atoms with Gasteiger partial charge in [-0.05, 0) is 31.7 Å². The van der Waals surface area contributed by atoms with Crippen molar-refractivity contribution in [3.8, 4) is 6.07 Å². The Kier molecular flexibility index (Phi) is 5.71. The standard InChI is InChI=1S/C14H18N2O2S/c1-9(2)16-14(18)12(8-15)13(17)10(3)7-11-5-4-6-19-11/h4-6,9-10,12H,7H2,1-3H3,(H,16,18)/t10-,12+/m0/s1. The van der Waals surface area contributed by atoms with Crippen LogP contribution in [0.3, 0.4) is 0 Å². The van der Waals surface area contributed by atoms with Gasteiger partial charge in [0.2, 0.25) is 5.91 Å². The number of thiophene rings is 1. The van der Waals surface area contributed by atoms with Crippen molar-refractivity contribution in [3.05, 3.63) is 22.4 Å². The van der Waals surface area contributed by atoms with Crippen LogP contribution in [0.1, 0.15) is 25.6 Å². The maximum atomic E-state index is 12.1. The number of carbonyl (C=O) groups excluding carboxylic acids is 2. The fraction of sp³-hybridized carbons (Fsp3) is 0.500. The predicted octanol–water partition coefficient (Wildman–Crippen LogP) is 2.16. The summed E-state index contributed by atoms with van der Waals surface area (Å²) in [5.74, 6) is -2.35. The molecule has 1 amide bonds. The van der Waals surface area contributed by atoms with Gasteiger partial charge in [-0.2, -0.15) is 5.26 Å². The first-order valence-corrected chi connectivity index (χ1v) is 7.09. The smallest absolute Gasteiger partial charge is 0.245 e. The highest BCUT2D eigenvalue weighted by Gasteiger charge is 2.30. The maximum Gasteiger partial charge on any atom is 0.245 e. The molecule has 1 aromatic rings. The number of hydrogen-bond acceptors (Lipinski definition) is 4. The number of ketones is 1. The van der Waals surface area contributed by atoms with Crippen molar-refractivity contribution in [1.82, 2.24) is 5.32 Å². The van der Waals surface area contributed by atoms with Crippen LogP contribution in [0.4, 0.5) is 0 Å². The molecule has 0 bridgehead atoms. The van der Waals surface area contributed by atoms with Crippen molar-refractivity contribution in [2.45, 2.75) is 33.2 Å². The number of rotatable bonds is 6. The SMILES string of the molecule is CC(C)NC(=O)[C@H](C#N)C(=O)[C@@H](C)Cc1cccs1. The third kappa shape index (κ3) is 4.49. The quantitative estimate of drug-likeness (QED) is 0.811. The summed E-state index contributed by atoms with van der Waals surface area (Å²) in [5.41, 5.74) is 0. The Labute approximate surface area is 117 Å². The first-order chi connectivity index (χ1) is 8.95. The number of hydrogen-bond donors (Lipinski definition) is 1. The summed E-state index contributed by atoms with van der Waals surface area (Å²) in [6, 6.07) is 5.60. The first-order valence-electron chi connectivity index (χ1n) is 6.21. The van der Waals surface area contributed by atoms with Gasteiger partial charge in [-0.15, -0.1) is 11.3 Å². The second kappa shape index (κ2) is 7.05. The molecule has 0 aromatic carbocycles. The number of amides is 1. The lowest BCUT2D eigenvalue weighted by Crippen LogP contribution is -2.40. The zero-order chi connectivity index (χ0) is 14.4. The second-order valence-corrected chi connectivity index (χ2v) is 5.84. The molecule has 0 saturated heterocycles. The average molecular weight is 278 g/mol. The lowest BCUT2D eigenvalue weighted by Gasteiger charge is -2.15. The van der Waals surface area contributed by atoms with Gasteiger partial charge in [0.15, 0.2) is 11.7 Å². The van der Waals surface area contributed by atoms with E-state index in [2.05, 4.69) is 5.32 Å². The molecule has 0 unspecified atom stereocenters. The van der Waals surface area contributed by atoms with E-state index in [0.717, 1.165) is 4.88 Å². The van der Waals surface area contributed by atoms with E-state index in [9.17, 15) is 9.59 Å². The molecule has 0 aliphatic carbocycles. The van der Waals surface area contributed by atoms with Crippen LogP contribution >= 0.6 is 11.3 Å². The van der Waals surface area contributed by atoms with Crippen molar-refractivity contribution >= 4 is 23.0 Å². The molecule has 0 fully saturated rings. The van der Waals surface area contributed by atoms with Crippen LogP contribution in [0.15, 0.2) is 17.5 Å². The molecule has 0 saturated carbocycles. The molecule has 0 radical (unpaired) electrons. The number of nitrogens with zero attached hydrogens (tertiary/aromatic N) is 1. The van der Waals surface area contributed by atoms with Crippen LogP contribution in [0.5, 0.6) is 0 Å². The van der Waals surface area contributed by atoms with Crippen molar-refractivity contribution in [1.29, 1.82) is 5.26 Å². The lowest BCUT2D eigenvalue weighted by molar-refractivity contribution is -0.133. The van der Waals surface area contributed by atoms with Crippen LogP contribution in [-0.4, -0.2) is 17.7 Å². The van der Waals surface area contributed by atoms with Crippen LogP contribution in [0.25, 0.3) is 0 Å². The zero-order valence-corrected chi connectivity index (χ0v) is 12.2. The molecule has 0 spiro atoms. The Morgan fingerprint density at radius 1 is 1.42 bits per heavy atom. The lowest BCUT2D eigenvalue weighted by atomic mass is 9.91. The minimum Gasteiger partial charge on any atom is -0.352 e. The molecular weight excluding hydrogens is 260 g/mol. The van der Waals surface area contributed by atoms with Crippen LogP contribution in [0, 0.1) is 23.2 Å². The Morgan fingerprint density at radius 3 is 2.58 bits per heavy atom. The van der Waals surface area contributed by atoms with Crippen molar-refractivity contribution in [2.75, 3.05) is 0 Å². The molecule has 1 rings (SSSR count). The molecule has 2 atom stereocenters. The van der Waals surface area contributed by atoms with Gasteiger partial charge in [0, 0.05) is 16.8 Å². The van der Waals surface area contributed by atoms with E-state index in [0.29, 0.717) is 6.42 Å². The van der Waals surface area contributed by atoms with E-state index in [-0.39, 0.29) is 17.7 Å². The van der Waals surface area contributed by atoms with E-state index >= 15 is 0 Å². The normalized spacial score (nSPS) is 13.6. The fourth-order valence-corrected chi connectivity index (χ4v) is 2.57. The summed E-state index contributed by atoms with van der Waals surface area (Å²) in [6.45, 7) is 5.35. The number of Topliss-reactive ketones (excluding diaryl/α,β-unsaturated/α-hetero) is 1. The van der Waals surface area contributed by atoms with E-state index in [4.69, 9.17) is 5.26 Å². The largest absolute Gasteiger partial charge is 0.352 e. The van der Waals surface area contributed by atoms with Crippen molar-refractivity contribution in [2.24, 2.45) is 11.8 Å². The highest BCUT2D eigenvalue weighted by Crippen LogP contribution is 2.17. The van der Waals surface area contributed by atoms with Crippen LogP contribution in [-0.2, 0) is 16.0 Å². The highest BCUT2D eigenvalue weighted by atomic mass is 32.1. The third-order valence-corrected chi connectivity index (χ3v) is 3.58. The molecule has 0 aliphatic rings. The van der Waals surface area contributed by atoms with E-state index in [1.807, 2.05) is 23.6 Å². The number of carbonyl (C=O) groups is 2. The van der Waals surface area contributed by atoms with Crippen molar-refractivity contribution in [3.63, 3.8) is 0 Å². The van der Waals surface area contributed by atoms with Crippen LogP contribution < -0.4 is 5.32 Å². The number of nitrogens with one attached hydrogen (secondary N) is 1. The summed E-state index contributed by atoms with van der Waals surface area (Å²) in [5, 5.41) is 13.6. The van der Waals surface area contributed by atoms with Crippen LogP contribution in [0.2, 0.25) is 0 Å². The Hall–Kier alpha value is -1.67. The first kappa shape index (κ1) is 15.4. The Balaban J connectivity index is 2.68. The van der Waals surface area contributed by atoms with Crippen molar-refractivity contribution < 1.29 is 9.59 Å². The molecule has 0 aliphatic heterocycles. The number of nitriles is 1. The third-order valence-electron chi connectivity index (χ3n) is 2.68. The maximum absolute atomic E-state index is 12.1.